The topological polar surface area (TPSA) is 58.2 Å². The lowest BCUT2D eigenvalue weighted by Crippen LogP contribution is -2.37. The molecule has 0 bridgehead atoms. The zero-order chi connectivity index (χ0) is 24.5. The summed E-state index contributed by atoms with van der Waals surface area (Å²) >= 11 is 6.31. The molecule has 1 aliphatic heterocycles. The SMILES string of the molecule is CC1=C(C(=O)Nc2cccc(F)c2)C(c2cccc(Cl)c2)C2=C(CC(c3ccccc3)CC2=O)N1. The van der Waals surface area contributed by atoms with Crippen LogP contribution in [0.5, 0.6) is 0 Å². The Morgan fingerprint density at radius 1 is 0.971 bits per heavy atom. The average Bonchev–Trinajstić information content (AvgIpc) is 2.83. The van der Waals surface area contributed by atoms with Gasteiger partial charge in [0.2, 0.25) is 0 Å². The van der Waals surface area contributed by atoms with Gasteiger partial charge in [-0.1, -0.05) is 60.1 Å². The van der Waals surface area contributed by atoms with E-state index in [1.54, 1.807) is 18.2 Å². The number of Topliss-reactive ketones (excluding diaryl/α,β-unsaturated/α-hetero) is 1. The summed E-state index contributed by atoms with van der Waals surface area (Å²) in [7, 11) is 0. The van der Waals surface area contributed by atoms with Crippen molar-refractivity contribution in [3.8, 4) is 0 Å². The van der Waals surface area contributed by atoms with E-state index in [1.807, 2.05) is 49.4 Å². The molecule has 5 rings (SSSR count). The van der Waals surface area contributed by atoms with Crippen molar-refractivity contribution in [1.82, 2.24) is 5.32 Å². The lowest BCUT2D eigenvalue weighted by Gasteiger charge is -2.37. The number of carbonyl (C=O) groups is 2. The maximum Gasteiger partial charge on any atom is 0.254 e. The molecule has 35 heavy (non-hydrogen) atoms. The molecule has 4 nitrogen and oxygen atoms in total. The zero-order valence-corrected chi connectivity index (χ0v) is 19.9. The van der Waals surface area contributed by atoms with E-state index in [9.17, 15) is 14.0 Å². The van der Waals surface area contributed by atoms with Crippen molar-refractivity contribution in [1.29, 1.82) is 0 Å². The van der Waals surface area contributed by atoms with Crippen LogP contribution in [-0.4, -0.2) is 11.7 Å². The van der Waals surface area contributed by atoms with Crippen molar-refractivity contribution >= 4 is 29.0 Å². The Bertz CT molecular complexity index is 1380. The third kappa shape index (κ3) is 4.64. The van der Waals surface area contributed by atoms with Crippen LogP contribution < -0.4 is 10.6 Å². The molecule has 176 valence electrons. The van der Waals surface area contributed by atoms with Crippen LogP contribution in [0.15, 0.2) is 101 Å². The Morgan fingerprint density at radius 2 is 1.71 bits per heavy atom. The van der Waals surface area contributed by atoms with Gasteiger partial charge < -0.3 is 10.6 Å². The van der Waals surface area contributed by atoms with Gasteiger partial charge in [0.05, 0.1) is 0 Å². The van der Waals surface area contributed by atoms with Crippen LogP contribution in [0.25, 0.3) is 0 Å². The first-order valence-electron chi connectivity index (χ1n) is 11.5. The third-order valence-corrected chi connectivity index (χ3v) is 6.84. The predicted octanol–water partition coefficient (Wildman–Crippen LogP) is 6.48. The molecule has 2 unspecified atom stereocenters. The molecule has 6 heteroatoms. The first kappa shape index (κ1) is 23.1. The van der Waals surface area contributed by atoms with Crippen molar-refractivity contribution in [2.24, 2.45) is 0 Å². The molecule has 1 aliphatic carbocycles. The summed E-state index contributed by atoms with van der Waals surface area (Å²) in [5, 5.41) is 6.68. The van der Waals surface area contributed by atoms with Gasteiger partial charge >= 0.3 is 0 Å². The minimum atomic E-state index is -0.581. The van der Waals surface area contributed by atoms with Gasteiger partial charge in [-0.15, -0.1) is 0 Å². The number of carbonyl (C=O) groups excluding carboxylic acids is 2. The van der Waals surface area contributed by atoms with Gasteiger partial charge in [0.25, 0.3) is 5.91 Å². The maximum atomic E-state index is 13.7. The van der Waals surface area contributed by atoms with Crippen LogP contribution in [-0.2, 0) is 9.59 Å². The lowest BCUT2D eigenvalue weighted by atomic mass is 9.71. The first-order valence-corrected chi connectivity index (χ1v) is 11.9. The highest BCUT2D eigenvalue weighted by Gasteiger charge is 2.41. The largest absolute Gasteiger partial charge is 0.362 e. The number of amides is 1. The fraction of sp³-hybridized carbons (Fsp3) is 0.172. The van der Waals surface area contributed by atoms with E-state index in [2.05, 4.69) is 10.6 Å². The normalized spacial score (nSPS) is 19.8. The van der Waals surface area contributed by atoms with Crippen molar-refractivity contribution in [2.45, 2.75) is 31.6 Å². The van der Waals surface area contributed by atoms with Gasteiger partial charge in [-0.3, -0.25) is 9.59 Å². The minimum absolute atomic E-state index is 0.00105. The molecule has 0 saturated heterocycles. The maximum absolute atomic E-state index is 13.7. The van der Waals surface area contributed by atoms with E-state index in [4.69, 9.17) is 11.6 Å². The molecule has 3 aromatic carbocycles. The zero-order valence-electron chi connectivity index (χ0n) is 19.1. The van der Waals surface area contributed by atoms with Gasteiger partial charge in [0.15, 0.2) is 5.78 Å². The van der Waals surface area contributed by atoms with Crippen LogP contribution in [0.4, 0.5) is 10.1 Å². The Morgan fingerprint density at radius 3 is 2.46 bits per heavy atom. The highest BCUT2D eigenvalue weighted by Crippen LogP contribution is 2.46. The molecule has 0 saturated carbocycles. The van der Waals surface area contributed by atoms with Gasteiger partial charge in [-0.2, -0.15) is 0 Å². The van der Waals surface area contributed by atoms with Crippen LogP contribution in [0.2, 0.25) is 5.02 Å². The van der Waals surface area contributed by atoms with Crippen LogP contribution in [0.3, 0.4) is 0 Å². The number of hydrogen-bond donors (Lipinski definition) is 2. The number of halogens is 2. The van der Waals surface area contributed by atoms with Crippen LogP contribution in [0.1, 0.15) is 42.7 Å². The van der Waals surface area contributed by atoms with Gasteiger partial charge in [-0.25, -0.2) is 4.39 Å². The number of anilines is 1. The highest BCUT2D eigenvalue weighted by molar-refractivity contribution is 6.30. The summed E-state index contributed by atoms with van der Waals surface area (Å²) in [4.78, 5) is 27.2. The number of ketones is 1. The van der Waals surface area contributed by atoms with E-state index in [0.29, 0.717) is 40.4 Å². The van der Waals surface area contributed by atoms with E-state index in [-0.39, 0.29) is 11.7 Å². The Labute approximate surface area is 208 Å². The standard InChI is InChI=1S/C29H24ClFN2O2/c1-17-26(29(35)33-23-12-6-11-22(31)16-23)27(19-9-5-10-21(30)13-19)28-24(32-17)14-20(15-25(28)34)18-7-3-2-4-8-18/h2-13,16,20,27,32H,14-15H2,1H3,(H,33,35). The summed E-state index contributed by atoms with van der Waals surface area (Å²) in [5.41, 5.74) is 4.73. The second kappa shape index (κ2) is 9.51. The molecule has 2 atom stereocenters. The smallest absolute Gasteiger partial charge is 0.254 e. The summed E-state index contributed by atoms with van der Waals surface area (Å²) in [6.45, 7) is 1.83. The van der Waals surface area contributed by atoms with Crippen molar-refractivity contribution in [3.63, 3.8) is 0 Å². The van der Waals surface area contributed by atoms with E-state index in [1.165, 1.54) is 18.2 Å². The number of allylic oxidation sites excluding steroid dienone is 3. The second-order valence-electron chi connectivity index (χ2n) is 8.95. The quantitative estimate of drug-likeness (QED) is 0.443. The number of hydrogen-bond acceptors (Lipinski definition) is 3. The van der Waals surface area contributed by atoms with Crippen LogP contribution in [0, 0.1) is 5.82 Å². The molecule has 1 heterocycles. The molecule has 3 aromatic rings. The third-order valence-electron chi connectivity index (χ3n) is 6.61. The minimum Gasteiger partial charge on any atom is -0.362 e. The summed E-state index contributed by atoms with van der Waals surface area (Å²) in [6, 6.07) is 23.0. The lowest BCUT2D eigenvalue weighted by molar-refractivity contribution is -0.116. The fourth-order valence-electron chi connectivity index (χ4n) is 5.09. The second-order valence-corrected chi connectivity index (χ2v) is 9.38. The Hall–Kier alpha value is -3.70. The first-order chi connectivity index (χ1) is 16.9. The number of rotatable bonds is 4. The number of nitrogens with one attached hydrogen (secondary N) is 2. The Kier molecular flexibility index (Phi) is 6.27. The molecule has 0 fully saturated rings. The molecular formula is C29H24ClFN2O2. The van der Waals surface area contributed by atoms with Crippen molar-refractivity contribution < 1.29 is 14.0 Å². The van der Waals surface area contributed by atoms with E-state index < -0.39 is 17.6 Å². The summed E-state index contributed by atoms with van der Waals surface area (Å²) in [6.07, 6.45) is 1.03. The highest BCUT2D eigenvalue weighted by atomic mass is 35.5. The van der Waals surface area contributed by atoms with Gasteiger partial charge in [0.1, 0.15) is 5.82 Å². The molecule has 0 spiro atoms. The van der Waals surface area contributed by atoms with E-state index >= 15 is 0 Å². The van der Waals surface area contributed by atoms with E-state index in [0.717, 1.165) is 16.8 Å². The summed E-state index contributed by atoms with van der Waals surface area (Å²) < 4.78 is 13.7. The van der Waals surface area contributed by atoms with Crippen LogP contribution >= 0.6 is 11.6 Å². The van der Waals surface area contributed by atoms with Gasteiger partial charge in [0, 0.05) is 45.6 Å². The number of benzene rings is 3. The van der Waals surface area contributed by atoms with Gasteiger partial charge in [-0.05, 0) is 60.7 Å². The van der Waals surface area contributed by atoms with Crippen molar-refractivity contribution in [2.75, 3.05) is 5.32 Å². The molecule has 0 aromatic heterocycles. The molecular weight excluding hydrogens is 463 g/mol. The number of dihydropyridines is 1. The summed E-state index contributed by atoms with van der Waals surface area (Å²) in [5.74, 6) is -1.36. The fourth-order valence-corrected chi connectivity index (χ4v) is 5.28. The molecule has 2 N–H and O–H groups in total. The van der Waals surface area contributed by atoms with Crippen molar-refractivity contribution in [3.05, 3.63) is 123 Å². The predicted molar refractivity (Wildman–Crippen MR) is 136 cm³/mol. The average molecular weight is 487 g/mol. The molecule has 1 amide bonds. The monoisotopic (exact) mass is 486 g/mol. The molecule has 2 aliphatic rings. The Balaban J connectivity index is 1.57. The molecule has 0 radical (unpaired) electrons.